The Balaban J connectivity index is 1.52. The number of aromatic nitrogens is 2. The molecule has 4 rings (SSSR count). The first-order valence-electron chi connectivity index (χ1n) is 12.0. The van der Waals surface area contributed by atoms with Gasteiger partial charge in [0.15, 0.2) is 5.84 Å². The first kappa shape index (κ1) is 24.3. The van der Waals surface area contributed by atoms with E-state index < -0.39 is 5.60 Å². The largest absolute Gasteiger partial charge is 0.444 e. The molecule has 4 heterocycles. The van der Waals surface area contributed by atoms with Crippen LogP contribution in [0.4, 0.5) is 16.6 Å². The summed E-state index contributed by atoms with van der Waals surface area (Å²) in [7, 11) is 2.13. The summed E-state index contributed by atoms with van der Waals surface area (Å²) < 4.78 is 5.51. The predicted octanol–water partition coefficient (Wildman–Crippen LogP) is 1.55. The topological polar surface area (TPSA) is 124 Å². The van der Waals surface area contributed by atoms with Crippen LogP contribution in [-0.2, 0) is 4.74 Å². The molecule has 3 saturated heterocycles. The number of carbonyl (C=O) groups is 1. The van der Waals surface area contributed by atoms with Crippen LogP contribution in [0.15, 0.2) is 11.2 Å². The highest BCUT2D eigenvalue weighted by atomic mass is 16.6. The van der Waals surface area contributed by atoms with Gasteiger partial charge in [-0.1, -0.05) is 5.16 Å². The summed E-state index contributed by atoms with van der Waals surface area (Å²) >= 11 is 0. The lowest BCUT2D eigenvalue weighted by atomic mass is 9.79. The maximum Gasteiger partial charge on any atom is 0.410 e. The number of oxime groups is 1. The normalized spacial score (nSPS) is 23.7. The predicted molar refractivity (Wildman–Crippen MR) is 131 cm³/mol. The van der Waals surface area contributed by atoms with Gasteiger partial charge in [-0.05, 0) is 54.1 Å². The zero-order chi connectivity index (χ0) is 24.7. The van der Waals surface area contributed by atoms with Gasteiger partial charge in [0.25, 0.3) is 0 Å². The molecule has 3 N–H and O–H groups in total. The Hall–Kier alpha value is -2.82. The number of hydrogen-bond acceptors (Lipinski definition) is 9. The number of nitrogens with zero attached hydrogens (tertiary/aromatic N) is 7. The Labute approximate surface area is 201 Å². The molecule has 34 heavy (non-hydrogen) atoms. The number of carbonyl (C=O) groups excluding carboxylic acids is 1. The highest BCUT2D eigenvalue weighted by Crippen LogP contribution is 2.41. The van der Waals surface area contributed by atoms with E-state index in [2.05, 4.69) is 38.8 Å². The number of anilines is 2. The lowest BCUT2D eigenvalue weighted by Crippen LogP contribution is -2.60. The summed E-state index contributed by atoms with van der Waals surface area (Å²) in [6.07, 6.45) is 1.73. The van der Waals surface area contributed by atoms with E-state index in [1.165, 1.54) is 0 Å². The molecule has 188 valence electrons. The average Bonchev–Trinajstić information content (AvgIpc) is 3.12. The van der Waals surface area contributed by atoms with Crippen molar-refractivity contribution in [1.82, 2.24) is 19.8 Å². The third-order valence-electron chi connectivity index (χ3n) is 6.84. The van der Waals surface area contributed by atoms with Crippen LogP contribution in [0.1, 0.15) is 46.2 Å². The standard InChI is InChI=1S/C23H38N8O3/c1-16-12-28(5)8-6-9-31(16)20-25-17(19(24)27-33)11-18(26-20)29-10-7-23(13-29)14-30(15-23)21(32)34-22(2,3)4/h11,16,33H,6-10,12-15H2,1-5H3,(H2,24,27)/t16-/m0/s1. The smallest absolute Gasteiger partial charge is 0.410 e. The maximum atomic E-state index is 12.4. The SMILES string of the molecule is C[C@H]1CN(C)CCCN1c1nc(/C(N)=N/O)cc(N2CCC3(CN(C(=O)OC(C)(C)C)C3)C2)n1. The second-order valence-corrected chi connectivity index (χ2v) is 11.1. The van der Waals surface area contributed by atoms with Crippen LogP contribution in [0, 0.1) is 5.41 Å². The van der Waals surface area contributed by atoms with Crippen LogP contribution in [-0.4, -0.2) is 101 Å². The summed E-state index contributed by atoms with van der Waals surface area (Å²) in [5, 5.41) is 12.5. The Morgan fingerprint density at radius 3 is 2.65 bits per heavy atom. The summed E-state index contributed by atoms with van der Waals surface area (Å²) in [6.45, 7) is 13.6. The van der Waals surface area contributed by atoms with Crippen LogP contribution in [0.25, 0.3) is 0 Å². The van der Waals surface area contributed by atoms with Crippen LogP contribution in [0.5, 0.6) is 0 Å². The molecule has 1 aromatic rings. The van der Waals surface area contributed by atoms with Crippen molar-refractivity contribution in [3.63, 3.8) is 0 Å². The fourth-order valence-electron chi connectivity index (χ4n) is 5.17. The Morgan fingerprint density at radius 1 is 1.24 bits per heavy atom. The zero-order valence-electron chi connectivity index (χ0n) is 21.0. The van der Waals surface area contributed by atoms with E-state index in [1.807, 2.05) is 20.8 Å². The van der Waals surface area contributed by atoms with Gasteiger partial charge in [0.1, 0.15) is 17.1 Å². The molecule has 0 bridgehead atoms. The van der Waals surface area contributed by atoms with Crippen molar-refractivity contribution in [2.45, 2.75) is 52.2 Å². The lowest BCUT2D eigenvalue weighted by Gasteiger charge is -2.47. The van der Waals surface area contributed by atoms with E-state index in [9.17, 15) is 10.0 Å². The fraction of sp³-hybridized carbons (Fsp3) is 0.739. The molecule has 3 aliphatic heterocycles. The van der Waals surface area contributed by atoms with Crippen LogP contribution < -0.4 is 15.5 Å². The van der Waals surface area contributed by atoms with Gasteiger partial charge in [-0.25, -0.2) is 9.78 Å². The number of amidine groups is 1. The van der Waals surface area contributed by atoms with E-state index in [0.29, 0.717) is 24.7 Å². The minimum Gasteiger partial charge on any atom is -0.444 e. The Kier molecular flexibility index (Phi) is 6.50. The van der Waals surface area contributed by atoms with Crippen molar-refractivity contribution in [3.05, 3.63) is 11.8 Å². The van der Waals surface area contributed by atoms with Crippen molar-refractivity contribution < 1.29 is 14.7 Å². The van der Waals surface area contributed by atoms with Crippen molar-refractivity contribution in [2.75, 3.05) is 62.7 Å². The zero-order valence-corrected chi connectivity index (χ0v) is 21.0. The van der Waals surface area contributed by atoms with Gasteiger partial charge in [-0.2, -0.15) is 4.98 Å². The molecule has 1 amide bonds. The first-order valence-corrected chi connectivity index (χ1v) is 12.0. The quantitative estimate of drug-likeness (QED) is 0.291. The van der Waals surface area contributed by atoms with Gasteiger partial charge in [0, 0.05) is 56.8 Å². The molecule has 1 atom stereocenters. The van der Waals surface area contributed by atoms with Crippen LogP contribution in [0.2, 0.25) is 0 Å². The van der Waals surface area contributed by atoms with Gasteiger partial charge in [0.05, 0.1) is 0 Å². The number of amides is 1. The summed E-state index contributed by atoms with van der Waals surface area (Å²) in [5.41, 5.74) is 5.90. The molecule has 1 aromatic heterocycles. The number of likely N-dealkylation sites (tertiary alicyclic amines) is 1. The van der Waals surface area contributed by atoms with Gasteiger partial charge < -0.3 is 35.3 Å². The second-order valence-electron chi connectivity index (χ2n) is 11.1. The molecule has 3 aliphatic rings. The molecule has 0 unspecified atom stereocenters. The first-order chi connectivity index (χ1) is 16.0. The number of hydrogen-bond donors (Lipinski definition) is 2. The molecule has 0 radical (unpaired) electrons. The molecular weight excluding hydrogens is 436 g/mol. The minimum absolute atomic E-state index is 0.0295. The summed E-state index contributed by atoms with van der Waals surface area (Å²) in [5.74, 6) is 1.34. The summed E-state index contributed by atoms with van der Waals surface area (Å²) in [6, 6.07) is 2.03. The molecule has 3 fully saturated rings. The lowest BCUT2D eigenvalue weighted by molar-refractivity contribution is -0.0266. The van der Waals surface area contributed by atoms with Gasteiger partial charge in [-0.15, -0.1) is 0 Å². The van der Waals surface area contributed by atoms with E-state index in [0.717, 1.165) is 51.4 Å². The molecule has 0 aliphatic carbocycles. The van der Waals surface area contributed by atoms with E-state index >= 15 is 0 Å². The molecular formula is C23H38N8O3. The third-order valence-corrected chi connectivity index (χ3v) is 6.84. The fourth-order valence-corrected chi connectivity index (χ4v) is 5.17. The molecule has 0 saturated carbocycles. The monoisotopic (exact) mass is 474 g/mol. The number of rotatable bonds is 3. The number of ether oxygens (including phenoxy) is 1. The Bertz CT molecular complexity index is 941. The molecule has 11 nitrogen and oxygen atoms in total. The van der Waals surface area contributed by atoms with Crippen molar-refractivity contribution >= 4 is 23.7 Å². The Morgan fingerprint density at radius 2 is 1.97 bits per heavy atom. The van der Waals surface area contributed by atoms with Crippen molar-refractivity contribution in [2.24, 2.45) is 16.3 Å². The highest BCUT2D eigenvalue weighted by molar-refractivity contribution is 5.96. The van der Waals surface area contributed by atoms with Crippen molar-refractivity contribution in [1.29, 1.82) is 0 Å². The molecule has 1 spiro atoms. The highest BCUT2D eigenvalue weighted by Gasteiger charge is 2.50. The number of nitrogens with two attached hydrogens (primary N) is 1. The van der Waals surface area contributed by atoms with Gasteiger partial charge >= 0.3 is 6.09 Å². The average molecular weight is 475 g/mol. The molecule has 0 aromatic carbocycles. The third kappa shape index (κ3) is 5.13. The van der Waals surface area contributed by atoms with E-state index in [4.69, 9.17) is 15.5 Å². The minimum atomic E-state index is -0.497. The summed E-state index contributed by atoms with van der Waals surface area (Å²) in [4.78, 5) is 30.5. The van der Waals surface area contributed by atoms with E-state index in [1.54, 1.807) is 11.0 Å². The van der Waals surface area contributed by atoms with Crippen LogP contribution >= 0.6 is 0 Å². The van der Waals surface area contributed by atoms with Gasteiger partial charge in [0.2, 0.25) is 5.95 Å². The van der Waals surface area contributed by atoms with Crippen molar-refractivity contribution in [3.8, 4) is 0 Å². The maximum absolute atomic E-state index is 12.4. The van der Waals surface area contributed by atoms with Crippen LogP contribution in [0.3, 0.4) is 0 Å². The molecule has 11 heteroatoms. The second kappa shape index (κ2) is 9.09. The van der Waals surface area contributed by atoms with E-state index in [-0.39, 0.29) is 23.4 Å². The van der Waals surface area contributed by atoms with Gasteiger partial charge in [-0.3, -0.25) is 0 Å². The number of likely N-dealkylation sites (N-methyl/N-ethyl adjacent to an activating group) is 1.